The molecule has 0 atom stereocenters. The number of nitrogens with one attached hydrogen (secondary N) is 1. The Balaban J connectivity index is 2.36. The molecule has 2 heterocycles. The van der Waals surface area contributed by atoms with Crippen LogP contribution in [-0.2, 0) is 6.54 Å². The first-order valence-corrected chi connectivity index (χ1v) is 6.87. The van der Waals surface area contributed by atoms with Crippen molar-refractivity contribution < 1.29 is 4.74 Å². The molecule has 7 nitrogen and oxygen atoms in total. The first-order valence-electron chi connectivity index (χ1n) is 6.87. The van der Waals surface area contributed by atoms with Gasteiger partial charge in [-0.2, -0.15) is 20.1 Å². The van der Waals surface area contributed by atoms with Crippen LogP contribution in [0.3, 0.4) is 0 Å². The van der Waals surface area contributed by atoms with E-state index in [4.69, 9.17) is 4.74 Å². The minimum Gasteiger partial charge on any atom is -0.463 e. The monoisotopic (exact) mass is 276 g/mol. The van der Waals surface area contributed by atoms with Crippen molar-refractivity contribution in [1.29, 1.82) is 0 Å². The van der Waals surface area contributed by atoms with Gasteiger partial charge in [0.15, 0.2) is 5.82 Å². The second-order valence-corrected chi connectivity index (χ2v) is 4.30. The van der Waals surface area contributed by atoms with Crippen LogP contribution in [0.15, 0.2) is 12.3 Å². The number of aromatic nitrogens is 5. The van der Waals surface area contributed by atoms with Gasteiger partial charge in [0.25, 0.3) is 0 Å². The number of aryl methyl sites for hydroxylation is 1. The van der Waals surface area contributed by atoms with Crippen LogP contribution in [0.25, 0.3) is 11.5 Å². The summed E-state index contributed by atoms with van der Waals surface area (Å²) in [7, 11) is 1.77. The normalized spacial score (nSPS) is 10.6. The molecule has 0 aliphatic carbocycles. The van der Waals surface area contributed by atoms with Crippen LogP contribution in [0, 0.1) is 0 Å². The molecule has 0 saturated carbocycles. The van der Waals surface area contributed by atoms with Crippen LogP contribution in [0.2, 0.25) is 0 Å². The lowest BCUT2D eigenvalue weighted by Crippen LogP contribution is -2.08. The first kappa shape index (κ1) is 14.2. The lowest BCUT2D eigenvalue weighted by Gasteiger charge is -2.08. The van der Waals surface area contributed by atoms with Gasteiger partial charge in [0.1, 0.15) is 5.69 Å². The summed E-state index contributed by atoms with van der Waals surface area (Å²) in [5.41, 5.74) is 0.868. The van der Waals surface area contributed by atoms with Gasteiger partial charge in [-0.25, -0.2) is 0 Å². The third kappa shape index (κ3) is 3.23. The molecule has 20 heavy (non-hydrogen) atoms. The van der Waals surface area contributed by atoms with E-state index in [1.165, 1.54) is 0 Å². The minimum absolute atomic E-state index is 0.338. The summed E-state index contributed by atoms with van der Waals surface area (Å²) >= 11 is 0. The van der Waals surface area contributed by atoms with Gasteiger partial charge < -0.3 is 10.1 Å². The highest BCUT2D eigenvalue weighted by atomic mass is 16.5. The largest absolute Gasteiger partial charge is 0.463 e. The van der Waals surface area contributed by atoms with Gasteiger partial charge in [-0.3, -0.25) is 4.68 Å². The van der Waals surface area contributed by atoms with Crippen LogP contribution in [0.5, 0.6) is 6.01 Å². The maximum atomic E-state index is 5.50. The smallest absolute Gasteiger partial charge is 0.321 e. The molecule has 2 aromatic rings. The second kappa shape index (κ2) is 6.83. The number of anilines is 1. The average molecular weight is 276 g/mol. The van der Waals surface area contributed by atoms with Crippen molar-refractivity contribution in [2.75, 3.05) is 19.0 Å². The zero-order chi connectivity index (χ0) is 14.4. The van der Waals surface area contributed by atoms with Crippen molar-refractivity contribution in [2.24, 2.45) is 0 Å². The SMILES string of the molecule is CCCOc1nc(NC)nc(-c2ccnn2CCC)n1. The fraction of sp³-hybridized carbons (Fsp3) is 0.538. The van der Waals surface area contributed by atoms with E-state index in [1.807, 2.05) is 17.7 Å². The van der Waals surface area contributed by atoms with Crippen LogP contribution in [-0.4, -0.2) is 38.4 Å². The van der Waals surface area contributed by atoms with Gasteiger partial charge in [-0.05, 0) is 18.9 Å². The molecule has 0 spiro atoms. The van der Waals surface area contributed by atoms with E-state index in [1.54, 1.807) is 13.2 Å². The Morgan fingerprint density at radius 2 is 2.05 bits per heavy atom. The summed E-state index contributed by atoms with van der Waals surface area (Å²) in [6, 6.07) is 2.24. The van der Waals surface area contributed by atoms with Gasteiger partial charge in [0.05, 0.1) is 6.61 Å². The molecule has 0 saturated heterocycles. The van der Waals surface area contributed by atoms with E-state index in [0.717, 1.165) is 25.1 Å². The lowest BCUT2D eigenvalue weighted by molar-refractivity contribution is 0.292. The van der Waals surface area contributed by atoms with Crippen LogP contribution in [0.4, 0.5) is 5.95 Å². The Hall–Kier alpha value is -2.18. The number of nitrogens with zero attached hydrogens (tertiary/aromatic N) is 5. The van der Waals surface area contributed by atoms with Crippen LogP contribution < -0.4 is 10.1 Å². The highest BCUT2D eigenvalue weighted by Crippen LogP contribution is 2.18. The van der Waals surface area contributed by atoms with Gasteiger partial charge in [0, 0.05) is 19.8 Å². The van der Waals surface area contributed by atoms with Gasteiger partial charge >= 0.3 is 6.01 Å². The molecule has 0 aliphatic heterocycles. The summed E-state index contributed by atoms with van der Waals surface area (Å²) in [5, 5.41) is 7.21. The summed E-state index contributed by atoms with van der Waals surface area (Å²) in [6.45, 7) is 5.56. The summed E-state index contributed by atoms with van der Waals surface area (Å²) in [5.74, 6) is 1.06. The van der Waals surface area contributed by atoms with Crippen molar-refractivity contribution in [3.63, 3.8) is 0 Å². The average Bonchev–Trinajstić information content (AvgIpc) is 2.93. The maximum absolute atomic E-state index is 5.50. The van der Waals surface area contributed by atoms with Gasteiger partial charge in [0.2, 0.25) is 5.95 Å². The Morgan fingerprint density at radius 3 is 2.75 bits per heavy atom. The van der Waals surface area contributed by atoms with Gasteiger partial charge in [-0.1, -0.05) is 13.8 Å². The van der Waals surface area contributed by atoms with Crippen LogP contribution in [0.1, 0.15) is 26.7 Å². The number of hydrogen-bond acceptors (Lipinski definition) is 6. The number of hydrogen-bond donors (Lipinski definition) is 1. The van der Waals surface area contributed by atoms with E-state index in [9.17, 15) is 0 Å². The predicted molar refractivity (Wildman–Crippen MR) is 76.7 cm³/mol. The second-order valence-electron chi connectivity index (χ2n) is 4.30. The van der Waals surface area contributed by atoms with Crippen molar-refractivity contribution in [2.45, 2.75) is 33.2 Å². The predicted octanol–water partition coefficient (Wildman–Crippen LogP) is 1.98. The molecule has 7 heteroatoms. The highest BCUT2D eigenvalue weighted by Gasteiger charge is 2.12. The Bertz CT molecular complexity index is 554. The van der Waals surface area contributed by atoms with E-state index in [2.05, 4.69) is 32.3 Å². The fourth-order valence-corrected chi connectivity index (χ4v) is 1.75. The Labute approximate surface area is 118 Å². The van der Waals surface area contributed by atoms with Crippen molar-refractivity contribution in [1.82, 2.24) is 24.7 Å². The standard InChI is InChI=1S/C13H20N6O/c1-4-8-19-10(6-7-15-19)11-16-12(14-3)18-13(17-11)20-9-5-2/h6-7H,4-5,8-9H2,1-3H3,(H,14,16,17,18). The molecule has 2 rings (SSSR count). The summed E-state index contributed by atoms with van der Waals surface area (Å²) in [4.78, 5) is 12.9. The molecule has 0 unspecified atom stereocenters. The zero-order valence-corrected chi connectivity index (χ0v) is 12.1. The molecule has 0 bridgehead atoms. The molecule has 0 radical (unpaired) electrons. The topological polar surface area (TPSA) is 77.8 Å². The van der Waals surface area contributed by atoms with E-state index in [0.29, 0.717) is 24.4 Å². The molecule has 108 valence electrons. The summed E-state index contributed by atoms with van der Waals surface area (Å²) in [6.07, 6.45) is 3.65. The van der Waals surface area contributed by atoms with Crippen molar-refractivity contribution in [3.05, 3.63) is 12.3 Å². The molecule has 0 amide bonds. The molecular weight excluding hydrogens is 256 g/mol. The van der Waals surface area contributed by atoms with Gasteiger partial charge in [-0.15, -0.1) is 0 Å². The molecule has 0 aromatic carbocycles. The van der Waals surface area contributed by atoms with Crippen LogP contribution >= 0.6 is 0 Å². The first-order chi connectivity index (χ1) is 9.78. The van der Waals surface area contributed by atoms with Crippen molar-refractivity contribution >= 4 is 5.95 Å². The maximum Gasteiger partial charge on any atom is 0.321 e. The molecule has 0 fully saturated rings. The third-order valence-electron chi connectivity index (χ3n) is 2.65. The summed E-state index contributed by atoms with van der Waals surface area (Å²) < 4.78 is 7.39. The fourth-order valence-electron chi connectivity index (χ4n) is 1.75. The van der Waals surface area contributed by atoms with E-state index < -0.39 is 0 Å². The zero-order valence-electron chi connectivity index (χ0n) is 12.1. The minimum atomic E-state index is 0.338. The molecule has 0 aliphatic rings. The van der Waals surface area contributed by atoms with E-state index in [-0.39, 0.29) is 0 Å². The van der Waals surface area contributed by atoms with E-state index >= 15 is 0 Å². The number of rotatable bonds is 7. The Morgan fingerprint density at radius 1 is 1.20 bits per heavy atom. The molecular formula is C13H20N6O. The van der Waals surface area contributed by atoms with Crippen molar-refractivity contribution in [3.8, 4) is 17.5 Å². The molecule has 1 N–H and O–H groups in total. The third-order valence-corrected chi connectivity index (χ3v) is 2.65. The quantitative estimate of drug-likeness (QED) is 0.833. The Kier molecular flexibility index (Phi) is 4.86. The molecule has 2 aromatic heterocycles. The highest BCUT2D eigenvalue weighted by molar-refractivity contribution is 5.51. The number of ether oxygens (including phenoxy) is 1. The lowest BCUT2D eigenvalue weighted by atomic mass is 10.4.